The Balaban J connectivity index is 2.41. The number of furan rings is 1. The summed E-state index contributed by atoms with van der Waals surface area (Å²) >= 11 is 0. The normalized spacial score (nSPS) is 13.8. The maximum Gasteiger partial charge on any atom is 0.271 e. The van der Waals surface area contributed by atoms with Crippen LogP contribution in [0.15, 0.2) is 21.6 Å². The fraction of sp³-hybridized carbons (Fsp3) is 0.600. The first-order valence-electron chi connectivity index (χ1n) is 5.36. The van der Waals surface area contributed by atoms with E-state index in [0.29, 0.717) is 18.2 Å². The quantitative estimate of drug-likeness (QED) is 0.643. The van der Waals surface area contributed by atoms with Gasteiger partial charge in [0.2, 0.25) is 5.09 Å². The van der Waals surface area contributed by atoms with Gasteiger partial charge in [0.25, 0.3) is 10.0 Å². The van der Waals surface area contributed by atoms with Gasteiger partial charge in [-0.3, -0.25) is 0 Å². The highest BCUT2D eigenvalue weighted by molar-refractivity contribution is 7.89. The first-order valence-corrected chi connectivity index (χ1v) is 6.91. The van der Waals surface area contributed by atoms with Gasteiger partial charge < -0.3 is 14.8 Å². The van der Waals surface area contributed by atoms with Crippen LogP contribution in [0.4, 0.5) is 0 Å². The molecule has 0 aliphatic rings. The predicted octanol–water partition coefficient (Wildman–Crippen LogP) is 0.0351. The molecule has 1 atom stereocenters. The van der Waals surface area contributed by atoms with Gasteiger partial charge in [-0.1, -0.05) is 6.92 Å². The fourth-order valence-electron chi connectivity index (χ4n) is 1.37. The van der Waals surface area contributed by atoms with Gasteiger partial charge in [0.1, 0.15) is 5.76 Å². The molecule has 0 bridgehead atoms. The van der Waals surface area contributed by atoms with Gasteiger partial charge in [-0.05, 0) is 31.0 Å². The SMILES string of the molecule is CC(CCO)CNCc1ccc(S(N)(=O)=O)o1. The van der Waals surface area contributed by atoms with Crippen molar-refractivity contribution in [3.63, 3.8) is 0 Å². The molecule has 0 fully saturated rings. The Hall–Kier alpha value is -0.890. The second-order valence-electron chi connectivity index (χ2n) is 4.01. The van der Waals surface area contributed by atoms with Crippen molar-refractivity contribution in [2.45, 2.75) is 25.0 Å². The molecular weight excluding hydrogens is 244 g/mol. The Morgan fingerprint density at radius 3 is 2.76 bits per heavy atom. The summed E-state index contributed by atoms with van der Waals surface area (Å²) in [5, 5.41) is 16.5. The van der Waals surface area contributed by atoms with Gasteiger partial charge in [-0.25, -0.2) is 13.6 Å². The predicted molar refractivity (Wildman–Crippen MR) is 62.7 cm³/mol. The van der Waals surface area contributed by atoms with Crippen molar-refractivity contribution in [3.8, 4) is 0 Å². The lowest BCUT2D eigenvalue weighted by atomic mass is 10.1. The second-order valence-corrected chi connectivity index (χ2v) is 5.51. The maximum atomic E-state index is 10.9. The summed E-state index contributed by atoms with van der Waals surface area (Å²) in [7, 11) is -3.76. The molecule has 1 heterocycles. The van der Waals surface area contributed by atoms with Gasteiger partial charge in [-0.15, -0.1) is 0 Å². The zero-order valence-electron chi connectivity index (χ0n) is 9.72. The molecule has 1 unspecified atom stereocenters. The Morgan fingerprint density at radius 2 is 2.24 bits per heavy atom. The van der Waals surface area contributed by atoms with Crippen LogP contribution in [-0.4, -0.2) is 26.7 Å². The Kier molecular flexibility index (Phi) is 5.13. The summed E-state index contributed by atoms with van der Waals surface area (Å²) in [5.41, 5.74) is 0. The van der Waals surface area contributed by atoms with E-state index in [2.05, 4.69) is 5.32 Å². The lowest BCUT2D eigenvalue weighted by molar-refractivity contribution is 0.259. The van der Waals surface area contributed by atoms with Crippen molar-refractivity contribution in [1.82, 2.24) is 5.32 Å². The van der Waals surface area contributed by atoms with Gasteiger partial charge in [0.05, 0.1) is 6.54 Å². The van der Waals surface area contributed by atoms with Crippen LogP contribution >= 0.6 is 0 Å². The molecule has 1 aromatic heterocycles. The van der Waals surface area contributed by atoms with Crippen molar-refractivity contribution in [1.29, 1.82) is 0 Å². The van der Waals surface area contributed by atoms with E-state index in [1.54, 1.807) is 6.07 Å². The number of aliphatic hydroxyl groups excluding tert-OH is 1. The summed E-state index contributed by atoms with van der Waals surface area (Å²) < 4.78 is 27.0. The highest BCUT2D eigenvalue weighted by Gasteiger charge is 2.12. The van der Waals surface area contributed by atoms with Crippen LogP contribution < -0.4 is 10.5 Å². The number of nitrogens with two attached hydrogens (primary N) is 1. The second kappa shape index (κ2) is 6.15. The Bertz CT molecular complexity index is 441. The number of primary sulfonamides is 1. The molecule has 0 aliphatic heterocycles. The zero-order valence-corrected chi connectivity index (χ0v) is 10.5. The molecule has 1 aromatic rings. The third-order valence-electron chi connectivity index (χ3n) is 2.33. The van der Waals surface area contributed by atoms with E-state index < -0.39 is 10.0 Å². The number of hydrogen-bond donors (Lipinski definition) is 3. The van der Waals surface area contributed by atoms with Gasteiger partial charge in [0, 0.05) is 6.61 Å². The van der Waals surface area contributed by atoms with Gasteiger partial charge in [0.15, 0.2) is 0 Å². The van der Waals surface area contributed by atoms with E-state index >= 15 is 0 Å². The first-order chi connectivity index (χ1) is 7.93. The zero-order chi connectivity index (χ0) is 12.9. The van der Waals surface area contributed by atoms with E-state index in [9.17, 15) is 8.42 Å². The van der Waals surface area contributed by atoms with E-state index in [-0.39, 0.29) is 11.7 Å². The average molecular weight is 262 g/mol. The standard InChI is InChI=1S/C10H18N2O4S/c1-8(4-5-13)6-12-7-9-2-3-10(16-9)17(11,14)15/h2-3,8,12-13H,4-7H2,1H3,(H2,11,14,15). The Labute approximate surface area is 101 Å². The summed E-state index contributed by atoms with van der Waals surface area (Å²) in [5.74, 6) is 0.873. The summed E-state index contributed by atoms with van der Waals surface area (Å²) in [6, 6.07) is 2.91. The van der Waals surface area contributed by atoms with Crippen molar-refractivity contribution in [2.24, 2.45) is 11.1 Å². The van der Waals surface area contributed by atoms with Crippen molar-refractivity contribution in [3.05, 3.63) is 17.9 Å². The fourth-order valence-corrected chi connectivity index (χ4v) is 1.85. The molecule has 6 nitrogen and oxygen atoms in total. The monoisotopic (exact) mass is 262 g/mol. The molecule has 1 rings (SSSR count). The molecule has 0 aromatic carbocycles. The van der Waals surface area contributed by atoms with Crippen LogP contribution in [-0.2, 0) is 16.6 Å². The van der Waals surface area contributed by atoms with Crippen LogP contribution in [0.1, 0.15) is 19.1 Å². The minimum absolute atomic E-state index is 0.166. The molecule has 0 amide bonds. The molecule has 0 spiro atoms. The molecule has 0 radical (unpaired) electrons. The topological polar surface area (TPSA) is 106 Å². The van der Waals surface area contributed by atoms with Crippen LogP contribution in [0.3, 0.4) is 0 Å². The lowest BCUT2D eigenvalue weighted by Crippen LogP contribution is -2.21. The number of sulfonamides is 1. The van der Waals surface area contributed by atoms with Crippen molar-refractivity contribution >= 4 is 10.0 Å². The van der Waals surface area contributed by atoms with E-state index in [4.69, 9.17) is 14.7 Å². The van der Waals surface area contributed by atoms with Gasteiger partial charge >= 0.3 is 0 Å². The first kappa shape index (κ1) is 14.2. The largest absolute Gasteiger partial charge is 0.447 e. The lowest BCUT2D eigenvalue weighted by Gasteiger charge is -2.09. The average Bonchev–Trinajstić information content (AvgIpc) is 2.66. The van der Waals surface area contributed by atoms with Crippen LogP contribution in [0.5, 0.6) is 0 Å². The third kappa shape index (κ3) is 4.86. The number of rotatable bonds is 7. The molecule has 17 heavy (non-hydrogen) atoms. The Morgan fingerprint density at radius 1 is 1.53 bits per heavy atom. The third-order valence-corrected chi connectivity index (χ3v) is 3.11. The molecule has 0 aliphatic carbocycles. The van der Waals surface area contributed by atoms with E-state index in [1.165, 1.54) is 6.07 Å². The van der Waals surface area contributed by atoms with E-state index in [1.807, 2.05) is 6.92 Å². The number of hydrogen-bond acceptors (Lipinski definition) is 5. The van der Waals surface area contributed by atoms with Crippen molar-refractivity contribution in [2.75, 3.05) is 13.2 Å². The molecule has 0 saturated heterocycles. The summed E-state index contributed by atoms with van der Waals surface area (Å²) in [6.07, 6.45) is 0.730. The molecular formula is C10H18N2O4S. The molecule has 98 valence electrons. The summed E-state index contributed by atoms with van der Waals surface area (Å²) in [4.78, 5) is 0. The van der Waals surface area contributed by atoms with Crippen LogP contribution in [0.2, 0.25) is 0 Å². The minimum Gasteiger partial charge on any atom is -0.447 e. The number of nitrogens with one attached hydrogen (secondary N) is 1. The highest BCUT2D eigenvalue weighted by Crippen LogP contribution is 2.11. The van der Waals surface area contributed by atoms with E-state index in [0.717, 1.165) is 13.0 Å². The molecule has 7 heteroatoms. The smallest absolute Gasteiger partial charge is 0.271 e. The highest BCUT2D eigenvalue weighted by atomic mass is 32.2. The van der Waals surface area contributed by atoms with Crippen molar-refractivity contribution < 1.29 is 17.9 Å². The van der Waals surface area contributed by atoms with Gasteiger partial charge in [-0.2, -0.15) is 0 Å². The summed E-state index contributed by atoms with van der Waals surface area (Å²) in [6.45, 7) is 3.34. The molecule has 0 saturated carbocycles. The molecule has 4 N–H and O–H groups in total. The minimum atomic E-state index is -3.76. The van der Waals surface area contributed by atoms with Crippen LogP contribution in [0, 0.1) is 5.92 Å². The maximum absolute atomic E-state index is 10.9. The van der Waals surface area contributed by atoms with Crippen LogP contribution in [0.25, 0.3) is 0 Å². The number of aliphatic hydroxyl groups is 1.